The topological polar surface area (TPSA) is 126 Å². The molecule has 0 fully saturated rings. The number of nitrogens with zero attached hydrogens (tertiary/aromatic N) is 4. The van der Waals surface area contributed by atoms with E-state index in [9.17, 15) is 17.6 Å². The third kappa shape index (κ3) is 5.71. The molecule has 2 aromatic heterocycles. The molecular weight excluding hydrogens is 608 g/mol. The number of carbonyl (C=O) groups excluding carboxylic acids is 1. The highest BCUT2D eigenvalue weighted by Gasteiger charge is 2.45. The third-order valence-electron chi connectivity index (χ3n) is 7.50. The number of carbonyl (C=O) groups is 1. The molecule has 1 aliphatic rings. The first-order chi connectivity index (χ1) is 20.8. The summed E-state index contributed by atoms with van der Waals surface area (Å²) in [7, 11) is -3.15. The van der Waals surface area contributed by atoms with E-state index >= 15 is 0 Å². The van der Waals surface area contributed by atoms with Gasteiger partial charge in [0.2, 0.25) is 21.8 Å². The van der Waals surface area contributed by atoms with Gasteiger partial charge in [-0.3, -0.25) is 4.57 Å². The minimum atomic E-state index is -4.32. The number of furan rings is 1. The standard InChI is InChI=1S/C30H35FN4O7SSi/c1-18-11-14-25(41-18)28-32-33-30(35(28)26-23(39-3)9-8-10-24(26)40-4)34(15-16-44(5,6)7)43(37,38)19(2)27-21-13-12-20(31)17-22(21)29(36)42-27/h8-14,17,19,27H,15-16H2,1-7H3/t19-,27?/m0/s1. The van der Waals surface area contributed by atoms with Crippen molar-refractivity contribution < 1.29 is 36.2 Å². The minimum absolute atomic E-state index is 0.00287. The molecule has 234 valence electrons. The van der Waals surface area contributed by atoms with E-state index in [4.69, 9.17) is 18.6 Å². The van der Waals surface area contributed by atoms with E-state index in [1.807, 2.05) is 0 Å². The smallest absolute Gasteiger partial charge is 0.339 e. The molecule has 2 aromatic carbocycles. The van der Waals surface area contributed by atoms with Gasteiger partial charge in [-0.15, -0.1) is 10.2 Å². The maximum absolute atomic E-state index is 14.7. The second-order valence-corrected chi connectivity index (χ2v) is 19.6. The number of sulfonamides is 1. The number of halogens is 1. The SMILES string of the molecule is COc1cccc(OC)c1-n1c(-c2ccc(C)o2)nnc1N(CC[Si](C)(C)C)S(=O)(=O)[C@@H](C)C1OC(=O)c2cc(F)ccc21. The van der Waals surface area contributed by atoms with Crippen LogP contribution in [0.25, 0.3) is 17.3 Å². The number of aromatic nitrogens is 3. The van der Waals surface area contributed by atoms with Crippen LogP contribution in [0.5, 0.6) is 11.5 Å². The van der Waals surface area contributed by atoms with E-state index in [2.05, 4.69) is 29.8 Å². The van der Waals surface area contributed by atoms with Crippen molar-refractivity contribution in [1.29, 1.82) is 0 Å². The van der Waals surface area contributed by atoms with Crippen LogP contribution >= 0.6 is 0 Å². The van der Waals surface area contributed by atoms with Gasteiger partial charge in [-0.2, -0.15) is 0 Å². The van der Waals surface area contributed by atoms with Gasteiger partial charge >= 0.3 is 5.97 Å². The first-order valence-electron chi connectivity index (χ1n) is 14.0. The fourth-order valence-corrected chi connectivity index (χ4v) is 7.75. The average Bonchev–Trinajstić information content (AvgIpc) is 3.68. The monoisotopic (exact) mass is 642 g/mol. The van der Waals surface area contributed by atoms with Crippen molar-refractivity contribution >= 4 is 30.0 Å². The van der Waals surface area contributed by atoms with Crippen LogP contribution in [0.1, 0.15) is 34.7 Å². The van der Waals surface area contributed by atoms with Crippen LogP contribution < -0.4 is 13.8 Å². The number of rotatable bonds is 11. The van der Waals surface area contributed by atoms with E-state index in [1.165, 1.54) is 37.6 Å². The van der Waals surface area contributed by atoms with Crippen molar-refractivity contribution in [1.82, 2.24) is 14.8 Å². The molecule has 14 heteroatoms. The fourth-order valence-electron chi connectivity index (χ4n) is 5.09. The van der Waals surface area contributed by atoms with Gasteiger partial charge in [-0.05, 0) is 56.3 Å². The molecule has 0 aliphatic carbocycles. The van der Waals surface area contributed by atoms with Crippen molar-refractivity contribution in [3.8, 4) is 28.8 Å². The predicted octanol–water partition coefficient (Wildman–Crippen LogP) is 5.77. The van der Waals surface area contributed by atoms with Crippen molar-refractivity contribution in [2.45, 2.75) is 50.9 Å². The Balaban J connectivity index is 1.73. The van der Waals surface area contributed by atoms with Crippen molar-refractivity contribution in [3.63, 3.8) is 0 Å². The van der Waals surface area contributed by atoms with Gasteiger partial charge < -0.3 is 18.6 Å². The summed E-state index contributed by atoms with van der Waals surface area (Å²) in [6.07, 6.45) is -1.16. The van der Waals surface area contributed by atoms with Crippen LogP contribution in [-0.2, 0) is 14.8 Å². The highest BCUT2D eigenvalue weighted by molar-refractivity contribution is 7.93. The van der Waals surface area contributed by atoms with Gasteiger partial charge in [-0.25, -0.2) is 21.9 Å². The molecule has 1 unspecified atom stereocenters. The van der Waals surface area contributed by atoms with Gasteiger partial charge in [0.25, 0.3) is 0 Å². The number of fused-ring (bicyclic) bond motifs is 1. The lowest BCUT2D eigenvalue weighted by atomic mass is 10.0. The summed E-state index contributed by atoms with van der Waals surface area (Å²) >= 11 is 0. The Kier molecular flexibility index (Phi) is 8.33. The summed E-state index contributed by atoms with van der Waals surface area (Å²) in [6.45, 7) is 9.73. The van der Waals surface area contributed by atoms with E-state index in [-0.39, 0.29) is 23.9 Å². The summed E-state index contributed by atoms with van der Waals surface area (Å²) in [5, 5.41) is 7.56. The molecule has 0 radical (unpaired) electrons. The summed E-state index contributed by atoms with van der Waals surface area (Å²) in [5.74, 6) is 0.544. The number of methoxy groups -OCH3 is 2. The molecule has 5 rings (SSSR count). The number of benzene rings is 2. The molecule has 0 bridgehead atoms. The molecule has 0 spiro atoms. The van der Waals surface area contributed by atoms with Crippen LogP contribution in [0.3, 0.4) is 0 Å². The average molecular weight is 643 g/mol. The summed E-state index contributed by atoms with van der Waals surface area (Å²) < 4.78 is 68.9. The zero-order chi connectivity index (χ0) is 32.0. The Morgan fingerprint density at radius 3 is 2.34 bits per heavy atom. The number of hydrogen-bond acceptors (Lipinski definition) is 9. The Labute approximate surface area is 256 Å². The Morgan fingerprint density at radius 1 is 1.07 bits per heavy atom. The zero-order valence-electron chi connectivity index (χ0n) is 25.6. The highest BCUT2D eigenvalue weighted by Crippen LogP contribution is 2.42. The molecule has 0 saturated heterocycles. The molecule has 0 amide bonds. The molecule has 0 N–H and O–H groups in total. The highest BCUT2D eigenvalue weighted by atomic mass is 32.2. The number of hydrogen-bond donors (Lipinski definition) is 0. The van der Waals surface area contributed by atoms with Crippen molar-refractivity contribution in [2.75, 3.05) is 25.1 Å². The van der Waals surface area contributed by atoms with Gasteiger partial charge in [0.1, 0.15) is 40.1 Å². The molecule has 1 aliphatic heterocycles. The minimum Gasteiger partial charge on any atom is -0.494 e. The maximum atomic E-state index is 14.7. The lowest BCUT2D eigenvalue weighted by Gasteiger charge is -2.31. The molecule has 44 heavy (non-hydrogen) atoms. The Hall–Kier alpha value is -4.17. The number of anilines is 1. The normalized spacial score (nSPS) is 15.5. The first-order valence-corrected chi connectivity index (χ1v) is 19.2. The molecule has 0 saturated carbocycles. The van der Waals surface area contributed by atoms with Gasteiger partial charge in [0.05, 0.1) is 19.8 Å². The number of aryl methyl sites for hydroxylation is 1. The van der Waals surface area contributed by atoms with Crippen LogP contribution in [0.15, 0.2) is 52.9 Å². The molecule has 3 heterocycles. The van der Waals surface area contributed by atoms with Crippen LogP contribution in [-0.4, -0.2) is 63.2 Å². The van der Waals surface area contributed by atoms with Crippen molar-refractivity contribution in [2.24, 2.45) is 0 Å². The van der Waals surface area contributed by atoms with E-state index in [0.717, 1.165) is 6.07 Å². The lowest BCUT2D eigenvalue weighted by Crippen LogP contribution is -2.44. The summed E-state index contributed by atoms with van der Waals surface area (Å²) in [4.78, 5) is 12.6. The lowest BCUT2D eigenvalue weighted by molar-refractivity contribution is 0.0385. The maximum Gasteiger partial charge on any atom is 0.339 e. The molecular formula is C30H35FN4O7SSi. The number of esters is 1. The third-order valence-corrected chi connectivity index (χ3v) is 11.4. The molecule has 2 atom stereocenters. The fraction of sp³-hybridized carbons (Fsp3) is 0.367. The molecule has 4 aromatic rings. The largest absolute Gasteiger partial charge is 0.494 e. The van der Waals surface area contributed by atoms with Crippen molar-refractivity contribution in [3.05, 3.63) is 71.2 Å². The van der Waals surface area contributed by atoms with Gasteiger partial charge in [-0.1, -0.05) is 31.8 Å². The van der Waals surface area contributed by atoms with Gasteiger partial charge in [0.15, 0.2) is 5.76 Å². The quantitative estimate of drug-likeness (QED) is 0.148. The summed E-state index contributed by atoms with van der Waals surface area (Å²) in [6, 6.07) is 12.9. The predicted molar refractivity (Wildman–Crippen MR) is 165 cm³/mol. The molecule has 11 nitrogen and oxygen atoms in total. The number of para-hydroxylation sites is 1. The Bertz CT molecular complexity index is 1790. The second-order valence-electron chi connectivity index (χ2n) is 11.8. The van der Waals surface area contributed by atoms with Gasteiger partial charge in [0, 0.05) is 20.2 Å². The zero-order valence-corrected chi connectivity index (χ0v) is 27.4. The van der Waals surface area contributed by atoms with Crippen LogP contribution in [0.4, 0.5) is 10.3 Å². The first kappa shape index (κ1) is 31.3. The Morgan fingerprint density at radius 2 is 1.75 bits per heavy atom. The van der Waals surface area contributed by atoms with Crippen LogP contribution in [0.2, 0.25) is 25.7 Å². The van der Waals surface area contributed by atoms with E-state index in [0.29, 0.717) is 40.3 Å². The van der Waals surface area contributed by atoms with E-state index < -0.39 is 41.2 Å². The number of ether oxygens (including phenoxy) is 3. The van der Waals surface area contributed by atoms with E-state index in [1.54, 1.807) is 41.8 Å². The van der Waals surface area contributed by atoms with Crippen LogP contribution in [0, 0.1) is 12.7 Å². The summed E-state index contributed by atoms with van der Waals surface area (Å²) in [5.41, 5.74) is 0.677. The number of cyclic esters (lactones) is 1. The second kappa shape index (κ2) is 11.7.